The second kappa shape index (κ2) is 7.66. The summed E-state index contributed by atoms with van der Waals surface area (Å²) in [5.41, 5.74) is 4.60. The molecule has 116 valence electrons. The van der Waals surface area contributed by atoms with Gasteiger partial charge in [-0.15, -0.1) is 0 Å². The number of esters is 1. The molecular formula is C16H15N5O2. The van der Waals surface area contributed by atoms with E-state index in [0.29, 0.717) is 11.5 Å². The minimum absolute atomic E-state index is 0.183. The number of nitrogens with one attached hydrogen (secondary N) is 1. The van der Waals surface area contributed by atoms with Crippen LogP contribution in [0.25, 0.3) is 11.3 Å². The van der Waals surface area contributed by atoms with Crippen molar-refractivity contribution in [3.05, 3.63) is 42.4 Å². The summed E-state index contributed by atoms with van der Waals surface area (Å²) in [6, 6.07) is 10.8. The summed E-state index contributed by atoms with van der Waals surface area (Å²) in [5.74, 6) is -0.0851. The molecule has 0 amide bonds. The van der Waals surface area contributed by atoms with Crippen molar-refractivity contribution in [2.75, 3.05) is 12.0 Å². The maximum Gasteiger partial charge on any atom is 0.369 e. The number of benzene rings is 1. The molecule has 0 aliphatic heterocycles. The van der Waals surface area contributed by atoms with Crippen LogP contribution in [0.2, 0.25) is 0 Å². The zero-order valence-corrected chi connectivity index (χ0v) is 12.8. The second-order valence-corrected chi connectivity index (χ2v) is 4.47. The van der Waals surface area contributed by atoms with Gasteiger partial charge in [-0.3, -0.25) is 5.43 Å². The Kier molecular flexibility index (Phi) is 5.36. The minimum atomic E-state index is -0.759. The first kappa shape index (κ1) is 16.1. The molecule has 2 rings (SSSR count). The van der Waals surface area contributed by atoms with Gasteiger partial charge < -0.3 is 4.74 Å². The number of hydrogen-bond donors (Lipinski definition) is 1. The van der Waals surface area contributed by atoms with E-state index in [4.69, 9.17) is 10.00 Å². The van der Waals surface area contributed by atoms with Gasteiger partial charge in [-0.1, -0.05) is 12.1 Å². The summed E-state index contributed by atoms with van der Waals surface area (Å²) >= 11 is 0. The van der Waals surface area contributed by atoms with Gasteiger partial charge >= 0.3 is 5.97 Å². The molecule has 1 N–H and O–H groups in total. The highest BCUT2D eigenvalue weighted by atomic mass is 16.5. The fourth-order valence-corrected chi connectivity index (χ4v) is 1.80. The Labute approximate surface area is 133 Å². The fourth-order valence-electron chi connectivity index (χ4n) is 1.80. The maximum atomic E-state index is 11.5. The Bertz CT molecular complexity index is 780. The van der Waals surface area contributed by atoms with Gasteiger partial charge in [0.1, 0.15) is 11.9 Å². The van der Waals surface area contributed by atoms with Crippen LogP contribution in [-0.2, 0) is 9.53 Å². The Balaban J connectivity index is 2.20. The predicted octanol–water partition coefficient (Wildman–Crippen LogP) is 2.31. The highest BCUT2D eigenvalue weighted by molar-refractivity contribution is 6.43. The minimum Gasteiger partial charge on any atom is -0.461 e. The Morgan fingerprint density at radius 2 is 2.26 bits per heavy atom. The molecule has 0 unspecified atom stereocenters. The van der Waals surface area contributed by atoms with E-state index in [9.17, 15) is 4.79 Å². The molecule has 7 nitrogen and oxygen atoms in total. The molecule has 0 bridgehead atoms. The van der Waals surface area contributed by atoms with E-state index < -0.39 is 5.97 Å². The van der Waals surface area contributed by atoms with Crippen LogP contribution in [0.15, 0.2) is 41.6 Å². The number of hydrogen-bond acceptors (Lipinski definition) is 7. The van der Waals surface area contributed by atoms with Crippen molar-refractivity contribution < 1.29 is 9.53 Å². The van der Waals surface area contributed by atoms with E-state index >= 15 is 0 Å². The van der Waals surface area contributed by atoms with E-state index in [2.05, 4.69) is 20.5 Å². The molecule has 23 heavy (non-hydrogen) atoms. The quantitative estimate of drug-likeness (QED) is 0.517. The van der Waals surface area contributed by atoms with Crippen molar-refractivity contribution in [2.45, 2.75) is 13.8 Å². The number of hydrazone groups is 1. The molecule has 0 fully saturated rings. The van der Waals surface area contributed by atoms with Gasteiger partial charge in [0.05, 0.1) is 18.0 Å². The predicted molar refractivity (Wildman–Crippen MR) is 85.5 cm³/mol. The van der Waals surface area contributed by atoms with Crippen molar-refractivity contribution >= 4 is 17.4 Å². The van der Waals surface area contributed by atoms with Crippen molar-refractivity contribution in [1.82, 2.24) is 9.97 Å². The number of rotatable bonds is 5. The van der Waals surface area contributed by atoms with Crippen LogP contribution in [0.1, 0.15) is 12.7 Å². The molecule has 1 aromatic carbocycles. The zero-order chi connectivity index (χ0) is 16.7. The molecule has 1 aromatic heterocycles. The normalized spacial score (nSPS) is 10.7. The van der Waals surface area contributed by atoms with E-state index in [1.54, 1.807) is 31.3 Å². The van der Waals surface area contributed by atoms with Crippen LogP contribution < -0.4 is 5.43 Å². The Hall–Kier alpha value is -3.27. The van der Waals surface area contributed by atoms with Gasteiger partial charge in [0.2, 0.25) is 5.71 Å². The number of aryl methyl sites for hydroxylation is 1. The summed E-state index contributed by atoms with van der Waals surface area (Å²) in [6.07, 6.45) is 1.68. The SMILES string of the molecule is CCOC(=O)C(C#N)=NNc1cccc(-c2ccnc(C)n2)c1. The van der Waals surface area contributed by atoms with E-state index in [0.717, 1.165) is 11.3 Å². The van der Waals surface area contributed by atoms with Gasteiger partial charge in [0, 0.05) is 11.8 Å². The number of aromatic nitrogens is 2. The van der Waals surface area contributed by atoms with E-state index in [-0.39, 0.29) is 12.3 Å². The van der Waals surface area contributed by atoms with Crippen molar-refractivity contribution in [3.8, 4) is 17.3 Å². The third-order valence-corrected chi connectivity index (χ3v) is 2.81. The maximum absolute atomic E-state index is 11.5. The molecule has 0 atom stereocenters. The highest BCUT2D eigenvalue weighted by Gasteiger charge is 2.11. The lowest BCUT2D eigenvalue weighted by Gasteiger charge is -2.05. The van der Waals surface area contributed by atoms with Gasteiger partial charge in [-0.25, -0.2) is 14.8 Å². The molecule has 0 saturated carbocycles. The number of carbonyl (C=O) groups excluding carboxylic acids is 1. The number of carbonyl (C=O) groups is 1. The molecule has 2 aromatic rings. The topological polar surface area (TPSA) is 100 Å². The van der Waals surface area contributed by atoms with Crippen molar-refractivity contribution in [2.24, 2.45) is 5.10 Å². The lowest BCUT2D eigenvalue weighted by atomic mass is 10.1. The zero-order valence-electron chi connectivity index (χ0n) is 12.8. The average molecular weight is 309 g/mol. The van der Waals surface area contributed by atoms with Crippen LogP contribution >= 0.6 is 0 Å². The third-order valence-electron chi connectivity index (χ3n) is 2.81. The smallest absolute Gasteiger partial charge is 0.369 e. The number of nitrogens with zero attached hydrogens (tertiary/aromatic N) is 4. The lowest BCUT2D eigenvalue weighted by molar-refractivity contribution is -0.134. The molecule has 0 aliphatic carbocycles. The first-order valence-electron chi connectivity index (χ1n) is 6.95. The number of ether oxygens (including phenoxy) is 1. The Morgan fingerprint density at radius 1 is 1.43 bits per heavy atom. The lowest BCUT2D eigenvalue weighted by Crippen LogP contribution is -2.17. The van der Waals surface area contributed by atoms with Crippen LogP contribution in [-0.4, -0.2) is 28.3 Å². The van der Waals surface area contributed by atoms with Gasteiger partial charge in [-0.2, -0.15) is 10.4 Å². The second-order valence-electron chi connectivity index (χ2n) is 4.47. The molecular weight excluding hydrogens is 294 g/mol. The van der Waals surface area contributed by atoms with Crippen LogP contribution in [0.3, 0.4) is 0 Å². The summed E-state index contributed by atoms with van der Waals surface area (Å²) in [4.78, 5) is 19.9. The standard InChI is InChI=1S/C16H15N5O2/c1-3-23-16(22)15(10-17)21-20-13-6-4-5-12(9-13)14-7-8-18-11(2)19-14/h4-9,20H,3H2,1-2H3. The summed E-state index contributed by atoms with van der Waals surface area (Å²) in [7, 11) is 0. The van der Waals surface area contributed by atoms with Crippen LogP contribution in [0.5, 0.6) is 0 Å². The molecule has 0 spiro atoms. The molecule has 0 saturated heterocycles. The van der Waals surface area contributed by atoms with Gasteiger partial charge in [0.15, 0.2) is 0 Å². The highest BCUT2D eigenvalue weighted by Crippen LogP contribution is 2.20. The van der Waals surface area contributed by atoms with Gasteiger partial charge in [-0.05, 0) is 32.0 Å². The Morgan fingerprint density at radius 3 is 2.96 bits per heavy atom. The summed E-state index contributed by atoms with van der Waals surface area (Å²) < 4.78 is 4.74. The van der Waals surface area contributed by atoms with E-state index in [1.165, 1.54) is 0 Å². The van der Waals surface area contributed by atoms with Crippen LogP contribution in [0, 0.1) is 18.3 Å². The third kappa shape index (κ3) is 4.35. The molecule has 7 heteroatoms. The van der Waals surface area contributed by atoms with Crippen molar-refractivity contribution in [1.29, 1.82) is 5.26 Å². The summed E-state index contributed by atoms with van der Waals surface area (Å²) in [6.45, 7) is 3.66. The summed E-state index contributed by atoms with van der Waals surface area (Å²) in [5, 5.41) is 12.7. The monoisotopic (exact) mass is 309 g/mol. The first-order chi connectivity index (χ1) is 11.1. The van der Waals surface area contributed by atoms with E-state index in [1.807, 2.05) is 25.1 Å². The first-order valence-corrected chi connectivity index (χ1v) is 6.95. The number of nitriles is 1. The number of anilines is 1. The molecule has 0 radical (unpaired) electrons. The molecule has 0 aliphatic rings. The van der Waals surface area contributed by atoms with Crippen molar-refractivity contribution in [3.63, 3.8) is 0 Å². The largest absolute Gasteiger partial charge is 0.461 e. The van der Waals surface area contributed by atoms with Gasteiger partial charge in [0.25, 0.3) is 0 Å². The fraction of sp³-hybridized carbons (Fsp3) is 0.188. The molecule has 1 heterocycles. The average Bonchev–Trinajstić information content (AvgIpc) is 2.56. The van der Waals surface area contributed by atoms with Crippen LogP contribution in [0.4, 0.5) is 5.69 Å².